The van der Waals surface area contributed by atoms with Crippen molar-refractivity contribution in [1.82, 2.24) is 9.80 Å². The molecule has 1 saturated carbocycles. The average molecular weight is 381 g/mol. The molecule has 26 heavy (non-hydrogen) atoms. The van der Waals surface area contributed by atoms with Gasteiger partial charge in [-0.05, 0) is 49.9 Å². The summed E-state index contributed by atoms with van der Waals surface area (Å²) in [5, 5.41) is 10.5. The smallest absolute Gasteiger partial charge is 0.225 e. The molecule has 0 radical (unpaired) electrons. The van der Waals surface area contributed by atoms with E-state index in [0.29, 0.717) is 13.0 Å². The van der Waals surface area contributed by atoms with E-state index >= 15 is 0 Å². The van der Waals surface area contributed by atoms with Gasteiger partial charge < -0.3 is 14.7 Å². The Morgan fingerprint density at radius 2 is 2.04 bits per heavy atom. The van der Waals surface area contributed by atoms with Gasteiger partial charge >= 0.3 is 0 Å². The fourth-order valence-electron chi connectivity index (χ4n) is 3.90. The highest BCUT2D eigenvalue weighted by molar-refractivity contribution is 6.30. The molecule has 2 aliphatic rings. The molecule has 1 heterocycles. The molecule has 0 unspecified atom stereocenters. The standard InChI is InChI=1S/C20H29ClN2O3/c1-15-13-17(21)5-6-19(15)26-12-11-22-7-9-23(10-8-22)20(25)16-3-2-4-18(24)14-16/h5-6,13,16,18,24H,2-4,7-12,14H2,1H3/t16-,18+/m0/s1. The summed E-state index contributed by atoms with van der Waals surface area (Å²) in [5.74, 6) is 1.12. The second kappa shape index (κ2) is 9.07. The molecule has 6 heteroatoms. The normalized spacial score (nSPS) is 24.5. The molecule has 1 aliphatic carbocycles. The van der Waals surface area contributed by atoms with Crippen molar-refractivity contribution in [3.63, 3.8) is 0 Å². The summed E-state index contributed by atoms with van der Waals surface area (Å²) in [5.41, 5.74) is 1.04. The van der Waals surface area contributed by atoms with Crippen molar-refractivity contribution in [3.05, 3.63) is 28.8 Å². The molecule has 0 spiro atoms. The molecule has 5 nitrogen and oxygen atoms in total. The van der Waals surface area contributed by atoms with Gasteiger partial charge in [-0.1, -0.05) is 18.0 Å². The van der Waals surface area contributed by atoms with Crippen molar-refractivity contribution in [2.45, 2.75) is 38.7 Å². The topological polar surface area (TPSA) is 53.0 Å². The molecule has 3 rings (SSSR count). The Bertz CT molecular complexity index is 617. The summed E-state index contributed by atoms with van der Waals surface area (Å²) in [6, 6.07) is 5.66. The van der Waals surface area contributed by atoms with Crippen LogP contribution in [-0.2, 0) is 4.79 Å². The van der Waals surface area contributed by atoms with Crippen molar-refractivity contribution in [2.24, 2.45) is 5.92 Å². The zero-order valence-corrected chi connectivity index (χ0v) is 16.2. The number of benzene rings is 1. The number of hydrogen-bond acceptors (Lipinski definition) is 4. The minimum absolute atomic E-state index is 0.0153. The maximum Gasteiger partial charge on any atom is 0.225 e. The van der Waals surface area contributed by atoms with Gasteiger partial charge in [-0.2, -0.15) is 0 Å². The molecule has 144 valence electrons. The van der Waals surface area contributed by atoms with Crippen LogP contribution in [0.2, 0.25) is 5.02 Å². The monoisotopic (exact) mass is 380 g/mol. The number of carbonyl (C=O) groups excluding carboxylic acids is 1. The zero-order chi connectivity index (χ0) is 18.5. The lowest BCUT2D eigenvalue weighted by atomic mass is 9.86. The molecule has 1 N–H and O–H groups in total. The molecular formula is C20H29ClN2O3. The second-order valence-electron chi connectivity index (χ2n) is 7.44. The summed E-state index contributed by atoms with van der Waals surface area (Å²) in [6.07, 6.45) is 3.05. The van der Waals surface area contributed by atoms with Gasteiger partial charge in [0.05, 0.1) is 6.10 Å². The van der Waals surface area contributed by atoms with E-state index in [1.54, 1.807) is 0 Å². The number of hydrogen-bond donors (Lipinski definition) is 1. The molecular weight excluding hydrogens is 352 g/mol. The predicted octanol–water partition coefficient (Wildman–Crippen LogP) is 2.72. The fourth-order valence-corrected chi connectivity index (χ4v) is 4.12. The maximum absolute atomic E-state index is 12.6. The minimum Gasteiger partial charge on any atom is -0.492 e. The summed E-state index contributed by atoms with van der Waals surface area (Å²) in [6.45, 7) is 6.77. The van der Waals surface area contributed by atoms with E-state index in [1.807, 2.05) is 30.0 Å². The highest BCUT2D eigenvalue weighted by atomic mass is 35.5. The third kappa shape index (κ3) is 5.12. The van der Waals surface area contributed by atoms with Crippen LogP contribution >= 0.6 is 11.6 Å². The third-order valence-corrected chi connectivity index (χ3v) is 5.72. The Balaban J connectivity index is 1.39. The Morgan fingerprint density at radius 3 is 2.73 bits per heavy atom. The third-order valence-electron chi connectivity index (χ3n) is 5.48. The molecule has 2 atom stereocenters. The number of piperazine rings is 1. The first-order valence-electron chi connectivity index (χ1n) is 9.61. The van der Waals surface area contributed by atoms with Crippen molar-refractivity contribution in [1.29, 1.82) is 0 Å². The van der Waals surface area contributed by atoms with Crippen LogP contribution in [0.5, 0.6) is 5.75 Å². The number of halogens is 1. The number of nitrogens with zero attached hydrogens (tertiary/aromatic N) is 2. The number of aliphatic hydroxyl groups is 1. The highest BCUT2D eigenvalue weighted by Gasteiger charge is 2.31. The van der Waals surface area contributed by atoms with Gasteiger partial charge in [0.2, 0.25) is 5.91 Å². The van der Waals surface area contributed by atoms with Crippen LogP contribution in [0.15, 0.2) is 18.2 Å². The Hall–Kier alpha value is -1.30. The lowest BCUT2D eigenvalue weighted by Crippen LogP contribution is -2.51. The molecule has 2 fully saturated rings. The zero-order valence-electron chi connectivity index (χ0n) is 15.5. The van der Waals surface area contributed by atoms with E-state index < -0.39 is 0 Å². The Labute approximate surface area is 160 Å². The molecule has 0 bridgehead atoms. The van der Waals surface area contributed by atoms with E-state index in [0.717, 1.165) is 68.3 Å². The van der Waals surface area contributed by atoms with Crippen molar-refractivity contribution in [3.8, 4) is 5.75 Å². The number of aryl methyl sites for hydroxylation is 1. The number of ether oxygens (including phenoxy) is 1. The van der Waals surface area contributed by atoms with E-state index in [9.17, 15) is 9.90 Å². The summed E-state index contributed by atoms with van der Waals surface area (Å²) < 4.78 is 5.87. The number of amides is 1. The SMILES string of the molecule is Cc1cc(Cl)ccc1OCCN1CCN(C(=O)[C@H]2CCC[C@@H](O)C2)CC1. The minimum atomic E-state index is -0.299. The largest absolute Gasteiger partial charge is 0.492 e. The van der Waals surface area contributed by atoms with Crippen molar-refractivity contribution >= 4 is 17.5 Å². The first kappa shape index (κ1) is 19.5. The number of rotatable bonds is 5. The van der Waals surface area contributed by atoms with Gasteiger partial charge in [0.15, 0.2) is 0 Å². The quantitative estimate of drug-likeness (QED) is 0.853. The van der Waals surface area contributed by atoms with Gasteiger partial charge in [0.25, 0.3) is 0 Å². The van der Waals surface area contributed by atoms with Gasteiger partial charge in [-0.15, -0.1) is 0 Å². The van der Waals surface area contributed by atoms with Crippen LogP contribution in [0.3, 0.4) is 0 Å². The van der Waals surface area contributed by atoms with E-state index in [1.165, 1.54) is 0 Å². The number of aliphatic hydroxyl groups excluding tert-OH is 1. The fraction of sp³-hybridized carbons (Fsp3) is 0.650. The van der Waals surface area contributed by atoms with E-state index in [4.69, 9.17) is 16.3 Å². The van der Waals surface area contributed by atoms with Crippen LogP contribution < -0.4 is 4.74 Å². The predicted molar refractivity (Wildman–Crippen MR) is 103 cm³/mol. The van der Waals surface area contributed by atoms with Gasteiger partial charge in [0, 0.05) is 43.7 Å². The second-order valence-corrected chi connectivity index (χ2v) is 7.88. The molecule has 1 aliphatic heterocycles. The van der Waals surface area contributed by atoms with Crippen LogP contribution in [0, 0.1) is 12.8 Å². The molecule has 0 aromatic heterocycles. The van der Waals surface area contributed by atoms with Gasteiger partial charge in [-0.25, -0.2) is 0 Å². The van der Waals surface area contributed by atoms with Gasteiger partial charge in [-0.3, -0.25) is 9.69 Å². The first-order chi connectivity index (χ1) is 12.5. The number of carbonyl (C=O) groups is 1. The van der Waals surface area contributed by atoms with E-state index in [2.05, 4.69) is 4.90 Å². The van der Waals surface area contributed by atoms with Gasteiger partial charge in [0.1, 0.15) is 12.4 Å². The Morgan fingerprint density at radius 1 is 1.27 bits per heavy atom. The average Bonchev–Trinajstić information content (AvgIpc) is 2.63. The van der Waals surface area contributed by atoms with E-state index in [-0.39, 0.29) is 17.9 Å². The summed E-state index contributed by atoms with van der Waals surface area (Å²) in [7, 11) is 0. The van der Waals surface area contributed by atoms with Crippen LogP contribution in [0.25, 0.3) is 0 Å². The summed E-state index contributed by atoms with van der Waals surface area (Å²) in [4.78, 5) is 16.9. The maximum atomic E-state index is 12.6. The lowest BCUT2D eigenvalue weighted by molar-refractivity contribution is -0.139. The van der Waals surface area contributed by atoms with Crippen LogP contribution in [0.4, 0.5) is 0 Å². The molecule has 1 amide bonds. The molecule has 1 aromatic rings. The summed E-state index contributed by atoms with van der Waals surface area (Å²) >= 11 is 5.97. The Kier molecular flexibility index (Phi) is 6.79. The molecule has 1 aromatic carbocycles. The highest BCUT2D eigenvalue weighted by Crippen LogP contribution is 2.26. The van der Waals surface area contributed by atoms with Crippen LogP contribution in [0.1, 0.15) is 31.2 Å². The van der Waals surface area contributed by atoms with Crippen molar-refractivity contribution < 1.29 is 14.6 Å². The lowest BCUT2D eigenvalue weighted by Gasteiger charge is -2.37. The van der Waals surface area contributed by atoms with Crippen LogP contribution in [-0.4, -0.2) is 66.2 Å². The molecule has 1 saturated heterocycles. The van der Waals surface area contributed by atoms with Crippen molar-refractivity contribution in [2.75, 3.05) is 39.3 Å². The first-order valence-corrected chi connectivity index (χ1v) is 9.99.